The Hall–Kier alpha value is -1.07. The number of hydrogen-bond acceptors (Lipinski definition) is 3. The maximum Gasteiger partial charge on any atom is 0.233 e. The van der Waals surface area contributed by atoms with E-state index < -0.39 is 0 Å². The first kappa shape index (κ1) is 13.4. The number of benzene rings is 1. The minimum absolute atomic E-state index is 0.0532. The fourth-order valence-electron chi connectivity index (χ4n) is 2.27. The van der Waals surface area contributed by atoms with E-state index in [-0.39, 0.29) is 5.91 Å². The molecule has 1 aliphatic rings. The maximum atomic E-state index is 11.4. The third-order valence-corrected chi connectivity index (χ3v) is 4.00. The molecule has 0 unspecified atom stereocenters. The lowest BCUT2D eigenvalue weighted by molar-refractivity contribution is -0.121. The van der Waals surface area contributed by atoms with Crippen molar-refractivity contribution in [3.05, 3.63) is 27.7 Å². The zero-order chi connectivity index (χ0) is 13.1. The zero-order valence-electron chi connectivity index (χ0n) is 10.6. The monoisotopic (exact) mass is 312 g/mol. The van der Waals surface area contributed by atoms with Gasteiger partial charge in [0.05, 0.1) is 13.7 Å². The molecule has 0 bridgehead atoms. The molecule has 4 nitrogen and oxygen atoms in total. The van der Waals surface area contributed by atoms with Crippen molar-refractivity contribution in [1.82, 2.24) is 10.2 Å². The molecule has 2 rings (SSSR count). The van der Waals surface area contributed by atoms with Crippen LogP contribution in [0.1, 0.15) is 11.1 Å². The maximum absolute atomic E-state index is 11.4. The summed E-state index contributed by atoms with van der Waals surface area (Å²) in [5, 5.41) is 2.66. The van der Waals surface area contributed by atoms with E-state index in [4.69, 9.17) is 4.74 Å². The molecule has 5 heteroatoms. The van der Waals surface area contributed by atoms with Gasteiger partial charge in [0.15, 0.2) is 0 Å². The van der Waals surface area contributed by atoms with Gasteiger partial charge in [0, 0.05) is 30.2 Å². The smallest absolute Gasteiger partial charge is 0.233 e. The first-order chi connectivity index (χ1) is 8.65. The number of carbonyl (C=O) groups is 1. The SMILES string of the molecule is CNC(=O)CN1CCc2c(OC)ccc(Br)c2C1. The number of methoxy groups -OCH3 is 1. The van der Waals surface area contributed by atoms with Crippen molar-refractivity contribution in [1.29, 1.82) is 0 Å². The quantitative estimate of drug-likeness (QED) is 0.921. The average molecular weight is 313 g/mol. The van der Waals surface area contributed by atoms with Gasteiger partial charge in [-0.25, -0.2) is 0 Å². The fraction of sp³-hybridized carbons (Fsp3) is 0.462. The van der Waals surface area contributed by atoms with Crippen molar-refractivity contribution >= 4 is 21.8 Å². The molecule has 0 radical (unpaired) electrons. The van der Waals surface area contributed by atoms with E-state index in [1.54, 1.807) is 14.2 Å². The molecule has 0 aliphatic carbocycles. The second-order valence-electron chi connectivity index (χ2n) is 4.34. The van der Waals surface area contributed by atoms with Crippen LogP contribution in [0.2, 0.25) is 0 Å². The van der Waals surface area contributed by atoms with Gasteiger partial charge in [-0.05, 0) is 24.1 Å². The lowest BCUT2D eigenvalue weighted by Crippen LogP contribution is -2.38. The zero-order valence-corrected chi connectivity index (χ0v) is 12.2. The standard InChI is InChI=1S/C13H17BrN2O2/c1-15-13(17)8-16-6-5-9-10(7-16)11(14)3-4-12(9)18-2/h3-4H,5-8H2,1-2H3,(H,15,17). The summed E-state index contributed by atoms with van der Waals surface area (Å²) < 4.78 is 6.47. The molecule has 1 heterocycles. The Labute approximate surface area is 115 Å². The molecule has 1 aromatic carbocycles. The number of rotatable bonds is 3. The lowest BCUT2D eigenvalue weighted by atomic mass is 9.98. The summed E-state index contributed by atoms with van der Waals surface area (Å²) in [6.45, 7) is 2.10. The van der Waals surface area contributed by atoms with Crippen molar-refractivity contribution in [2.75, 3.05) is 27.2 Å². The van der Waals surface area contributed by atoms with E-state index in [1.165, 1.54) is 11.1 Å². The number of ether oxygens (including phenoxy) is 1. The first-order valence-electron chi connectivity index (χ1n) is 5.93. The highest BCUT2D eigenvalue weighted by Crippen LogP contribution is 2.33. The van der Waals surface area contributed by atoms with E-state index in [0.29, 0.717) is 6.54 Å². The molecule has 0 saturated heterocycles. The van der Waals surface area contributed by atoms with Gasteiger partial charge in [0.2, 0.25) is 5.91 Å². The molecule has 98 valence electrons. The van der Waals surface area contributed by atoms with E-state index in [0.717, 1.165) is 29.7 Å². The van der Waals surface area contributed by atoms with Crippen molar-refractivity contribution in [2.24, 2.45) is 0 Å². The van der Waals surface area contributed by atoms with Gasteiger partial charge in [0.1, 0.15) is 5.75 Å². The number of likely N-dealkylation sites (N-methyl/N-ethyl adjacent to an activating group) is 1. The summed E-state index contributed by atoms with van der Waals surface area (Å²) in [5.41, 5.74) is 2.48. The summed E-state index contributed by atoms with van der Waals surface area (Å²) in [6, 6.07) is 3.98. The highest BCUT2D eigenvalue weighted by atomic mass is 79.9. The third kappa shape index (κ3) is 2.67. The highest BCUT2D eigenvalue weighted by molar-refractivity contribution is 9.10. The normalized spacial score (nSPS) is 15.1. The van der Waals surface area contributed by atoms with Crippen LogP contribution < -0.4 is 10.1 Å². The predicted octanol–water partition coefficient (Wildman–Crippen LogP) is 1.56. The van der Waals surface area contributed by atoms with Crippen LogP contribution in [0.15, 0.2) is 16.6 Å². The van der Waals surface area contributed by atoms with Crippen LogP contribution >= 0.6 is 15.9 Å². The molecule has 1 amide bonds. The minimum Gasteiger partial charge on any atom is -0.496 e. The van der Waals surface area contributed by atoms with Gasteiger partial charge >= 0.3 is 0 Å². The van der Waals surface area contributed by atoms with Crippen LogP contribution in [0.5, 0.6) is 5.75 Å². The molecule has 1 aromatic rings. The summed E-state index contributed by atoms with van der Waals surface area (Å²) in [5.74, 6) is 0.991. The molecular weight excluding hydrogens is 296 g/mol. The second kappa shape index (κ2) is 5.71. The van der Waals surface area contributed by atoms with E-state index in [9.17, 15) is 4.79 Å². The number of fused-ring (bicyclic) bond motifs is 1. The Morgan fingerprint density at radius 1 is 1.50 bits per heavy atom. The van der Waals surface area contributed by atoms with E-state index >= 15 is 0 Å². The van der Waals surface area contributed by atoms with Crippen LogP contribution in [0.3, 0.4) is 0 Å². The van der Waals surface area contributed by atoms with Crippen molar-refractivity contribution in [3.8, 4) is 5.75 Å². The Balaban J connectivity index is 2.21. The second-order valence-corrected chi connectivity index (χ2v) is 5.19. The fourth-order valence-corrected chi connectivity index (χ4v) is 2.77. The topological polar surface area (TPSA) is 41.6 Å². The number of carbonyl (C=O) groups excluding carboxylic acids is 1. The van der Waals surface area contributed by atoms with Crippen LogP contribution in [0.4, 0.5) is 0 Å². The molecule has 1 N–H and O–H groups in total. The van der Waals surface area contributed by atoms with E-state index in [2.05, 4.69) is 26.1 Å². The molecule has 0 aromatic heterocycles. The lowest BCUT2D eigenvalue weighted by Gasteiger charge is -2.29. The van der Waals surface area contributed by atoms with Gasteiger partial charge in [-0.15, -0.1) is 0 Å². The Kier molecular flexibility index (Phi) is 4.24. The summed E-state index contributed by atoms with van der Waals surface area (Å²) in [4.78, 5) is 13.6. The summed E-state index contributed by atoms with van der Waals surface area (Å²) >= 11 is 3.57. The largest absolute Gasteiger partial charge is 0.496 e. The average Bonchev–Trinajstić information content (AvgIpc) is 2.39. The Morgan fingerprint density at radius 2 is 2.28 bits per heavy atom. The van der Waals surface area contributed by atoms with Crippen molar-refractivity contribution in [2.45, 2.75) is 13.0 Å². The van der Waals surface area contributed by atoms with Gasteiger partial charge in [-0.3, -0.25) is 9.69 Å². The Morgan fingerprint density at radius 3 is 2.94 bits per heavy atom. The first-order valence-corrected chi connectivity index (χ1v) is 6.72. The molecule has 0 saturated carbocycles. The Bertz CT molecular complexity index is 463. The van der Waals surface area contributed by atoms with E-state index in [1.807, 2.05) is 12.1 Å². The van der Waals surface area contributed by atoms with Crippen LogP contribution in [0, 0.1) is 0 Å². The van der Waals surface area contributed by atoms with Crippen LogP contribution in [-0.2, 0) is 17.8 Å². The number of halogens is 1. The number of nitrogens with zero attached hydrogens (tertiary/aromatic N) is 1. The summed E-state index contributed by atoms with van der Waals surface area (Å²) in [7, 11) is 3.36. The number of amides is 1. The molecule has 0 spiro atoms. The highest BCUT2D eigenvalue weighted by Gasteiger charge is 2.22. The molecule has 0 atom stereocenters. The third-order valence-electron chi connectivity index (χ3n) is 3.26. The predicted molar refractivity (Wildman–Crippen MR) is 73.7 cm³/mol. The summed E-state index contributed by atoms with van der Waals surface area (Å²) in [6.07, 6.45) is 0.912. The van der Waals surface area contributed by atoms with Crippen molar-refractivity contribution in [3.63, 3.8) is 0 Å². The number of hydrogen-bond donors (Lipinski definition) is 1. The van der Waals surface area contributed by atoms with Gasteiger partial charge in [0.25, 0.3) is 0 Å². The number of nitrogens with one attached hydrogen (secondary N) is 1. The van der Waals surface area contributed by atoms with Crippen molar-refractivity contribution < 1.29 is 9.53 Å². The minimum atomic E-state index is 0.0532. The van der Waals surface area contributed by atoms with Gasteiger partial charge < -0.3 is 10.1 Å². The molecule has 18 heavy (non-hydrogen) atoms. The van der Waals surface area contributed by atoms with Gasteiger partial charge in [-0.2, -0.15) is 0 Å². The van der Waals surface area contributed by atoms with Gasteiger partial charge in [-0.1, -0.05) is 15.9 Å². The molecule has 0 fully saturated rings. The van der Waals surface area contributed by atoms with Crippen LogP contribution in [0.25, 0.3) is 0 Å². The van der Waals surface area contributed by atoms with Crippen LogP contribution in [-0.4, -0.2) is 38.1 Å². The molecular formula is C13H17BrN2O2. The molecule has 1 aliphatic heterocycles.